The number of hydrogen-bond donors (Lipinski definition) is 0. The van der Waals surface area contributed by atoms with E-state index in [-0.39, 0.29) is 19.1 Å². The summed E-state index contributed by atoms with van der Waals surface area (Å²) in [6.07, 6.45) is 3.36. The van der Waals surface area contributed by atoms with Gasteiger partial charge in [-0.1, -0.05) is 48.0 Å². The maximum absolute atomic E-state index is 13.4. The monoisotopic (exact) mass is 603 g/mol. The number of para-hydroxylation sites is 1. The van der Waals surface area contributed by atoms with Crippen molar-refractivity contribution < 1.29 is 13.9 Å². The van der Waals surface area contributed by atoms with E-state index in [4.69, 9.17) is 25.7 Å². The van der Waals surface area contributed by atoms with Gasteiger partial charge in [0.05, 0.1) is 44.5 Å². The Bertz CT molecular complexity index is 1560. The summed E-state index contributed by atoms with van der Waals surface area (Å²) in [6.45, 7) is 0.459. The fraction of sp³-hybridized carbons (Fsp3) is 0.0690. The normalized spacial score (nSPS) is 15.3. The molecule has 1 aliphatic heterocycles. The van der Waals surface area contributed by atoms with E-state index < -0.39 is 0 Å². The zero-order valence-corrected chi connectivity index (χ0v) is 23.0. The molecule has 1 aliphatic rings. The summed E-state index contributed by atoms with van der Waals surface area (Å²) in [7, 11) is 0. The van der Waals surface area contributed by atoms with Gasteiger partial charge in [0, 0.05) is 5.56 Å². The van der Waals surface area contributed by atoms with E-state index in [2.05, 4.69) is 22.0 Å². The molecule has 0 saturated carbocycles. The lowest BCUT2D eigenvalue weighted by Gasteiger charge is -2.14. The molecule has 1 aromatic heterocycles. The molecule has 2 heterocycles. The summed E-state index contributed by atoms with van der Waals surface area (Å²) in [4.78, 5) is 20.2. The summed E-state index contributed by atoms with van der Waals surface area (Å²) < 4.78 is 12.0. The number of furan rings is 1. The third-order valence-corrected chi connectivity index (χ3v) is 7.47. The molecule has 1 fully saturated rings. The average Bonchev–Trinajstić information content (AvgIpc) is 3.53. The van der Waals surface area contributed by atoms with Crippen molar-refractivity contribution in [2.75, 3.05) is 0 Å². The Morgan fingerprint density at radius 1 is 1.11 bits per heavy atom. The van der Waals surface area contributed by atoms with Crippen LogP contribution in [0.15, 0.2) is 104 Å². The fourth-order valence-electron chi connectivity index (χ4n) is 3.76. The Balaban J connectivity index is 1.41. The summed E-state index contributed by atoms with van der Waals surface area (Å²) in [6, 6.07) is 26.1. The van der Waals surface area contributed by atoms with E-state index in [1.807, 2.05) is 54.6 Å². The van der Waals surface area contributed by atoms with Gasteiger partial charge in [-0.05, 0) is 81.8 Å². The second kappa shape index (κ2) is 11.7. The SMILES string of the molecule is N#Cc1ccccc1COc1c(Cl)cc(/C=C2\SC(=Nc3ccccc3)N(Cc3ccco3)C2=O)cc1Br. The number of hydrogen-bond acceptors (Lipinski definition) is 6. The van der Waals surface area contributed by atoms with E-state index in [0.717, 1.165) is 16.8 Å². The maximum Gasteiger partial charge on any atom is 0.267 e. The third kappa shape index (κ3) is 5.86. The lowest BCUT2D eigenvalue weighted by Crippen LogP contribution is -2.28. The van der Waals surface area contributed by atoms with Gasteiger partial charge in [0.1, 0.15) is 12.4 Å². The van der Waals surface area contributed by atoms with Crippen molar-refractivity contribution in [2.24, 2.45) is 4.99 Å². The predicted octanol–water partition coefficient (Wildman–Crippen LogP) is 7.95. The highest BCUT2D eigenvalue weighted by Gasteiger charge is 2.34. The molecule has 4 aromatic rings. The van der Waals surface area contributed by atoms with Crippen LogP contribution in [0, 0.1) is 11.3 Å². The van der Waals surface area contributed by atoms with E-state index >= 15 is 0 Å². The Morgan fingerprint density at radius 3 is 2.63 bits per heavy atom. The van der Waals surface area contributed by atoms with Crippen molar-refractivity contribution in [3.05, 3.63) is 122 Å². The highest BCUT2D eigenvalue weighted by molar-refractivity contribution is 9.10. The second-order valence-corrected chi connectivity index (χ2v) is 10.5. The van der Waals surface area contributed by atoms with Crippen LogP contribution in [0.1, 0.15) is 22.5 Å². The molecule has 1 saturated heterocycles. The van der Waals surface area contributed by atoms with E-state index in [0.29, 0.717) is 36.6 Å². The first-order valence-corrected chi connectivity index (χ1v) is 13.5. The van der Waals surface area contributed by atoms with Gasteiger partial charge in [-0.2, -0.15) is 5.26 Å². The number of carbonyl (C=O) groups excluding carboxylic acids is 1. The van der Waals surface area contributed by atoms with Crippen molar-refractivity contribution in [1.82, 2.24) is 4.90 Å². The van der Waals surface area contributed by atoms with Crippen LogP contribution in [0.2, 0.25) is 5.02 Å². The van der Waals surface area contributed by atoms with Gasteiger partial charge < -0.3 is 9.15 Å². The number of thioether (sulfide) groups is 1. The van der Waals surface area contributed by atoms with Crippen molar-refractivity contribution >= 4 is 62.1 Å². The number of nitrogens with zero attached hydrogens (tertiary/aromatic N) is 3. The minimum Gasteiger partial charge on any atom is -0.486 e. The fourth-order valence-corrected chi connectivity index (χ4v) is 5.75. The highest BCUT2D eigenvalue weighted by atomic mass is 79.9. The largest absolute Gasteiger partial charge is 0.486 e. The van der Waals surface area contributed by atoms with Crippen molar-refractivity contribution in [2.45, 2.75) is 13.2 Å². The van der Waals surface area contributed by atoms with Crippen LogP contribution in [0.3, 0.4) is 0 Å². The first kappa shape index (κ1) is 25.9. The number of benzene rings is 3. The van der Waals surface area contributed by atoms with Crippen LogP contribution < -0.4 is 4.74 Å². The molecule has 0 atom stereocenters. The number of aliphatic imine (C=N–C) groups is 1. The second-order valence-electron chi connectivity index (χ2n) is 8.18. The highest BCUT2D eigenvalue weighted by Crippen LogP contribution is 2.39. The average molecular weight is 605 g/mol. The molecular weight excluding hydrogens is 586 g/mol. The van der Waals surface area contributed by atoms with Gasteiger partial charge in [0.2, 0.25) is 0 Å². The predicted molar refractivity (Wildman–Crippen MR) is 153 cm³/mol. The minimum absolute atomic E-state index is 0.179. The molecule has 188 valence electrons. The number of ether oxygens (including phenoxy) is 1. The first-order valence-electron chi connectivity index (χ1n) is 11.5. The lowest BCUT2D eigenvalue weighted by molar-refractivity contribution is -0.122. The minimum atomic E-state index is -0.179. The zero-order chi connectivity index (χ0) is 26.5. The zero-order valence-electron chi connectivity index (χ0n) is 19.8. The standard InChI is InChI=1S/C29H19BrClN3O3S/c30-24-13-19(14-25(31)27(24)37-18-21-8-5-4-7-20(21)16-32)15-26-28(35)34(17-23-11-6-12-36-23)29(38-26)33-22-9-2-1-3-10-22/h1-15H,17-18H2/b26-15-,33-29?. The number of amidine groups is 1. The van der Waals surface area contributed by atoms with Gasteiger partial charge in [0.15, 0.2) is 10.9 Å². The molecular formula is C29H19BrClN3O3S. The van der Waals surface area contributed by atoms with E-state index in [1.165, 1.54) is 11.8 Å². The molecule has 3 aromatic carbocycles. The number of carbonyl (C=O) groups is 1. The molecule has 9 heteroatoms. The smallest absolute Gasteiger partial charge is 0.267 e. The Kier molecular flexibility index (Phi) is 7.99. The Labute approximate surface area is 237 Å². The van der Waals surface area contributed by atoms with Crippen LogP contribution in [-0.4, -0.2) is 16.0 Å². The molecule has 1 amide bonds. The number of nitriles is 1. The van der Waals surface area contributed by atoms with Crippen molar-refractivity contribution in [3.8, 4) is 11.8 Å². The summed E-state index contributed by atoms with van der Waals surface area (Å²) in [5, 5.41) is 10.3. The molecule has 0 bridgehead atoms. The maximum atomic E-state index is 13.4. The number of halogens is 2. The molecule has 38 heavy (non-hydrogen) atoms. The summed E-state index contributed by atoms with van der Waals surface area (Å²) >= 11 is 11.4. The third-order valence-electron chi connectivity index (χ3n) is 5.59. The molecule has 6 nitrogen and oxygen atoms in total. The van der Waals surface area contributed by atoms with Crippen LogP contribution in [0.4, 0.5) is 5.69 Å². The van der Waals surface area contributed by atoms with Crippen LogP contribution in [0.5, 0.6) is 5.75 Å². The topological polar surface area (TPSA) is 78.8 Å². The quantitative estimate of drug-likeness (QED) is 0.200. The van der Waals surface area contributed by atoms with Crippen LogP contribution in [-0.2, 0) is 17.9 Å². The molecule has 0 unspecified atom stereocenters. The van der Waals surface area contributed by atoms with Gasteiger partial charge in [-0.15, -0.1) is 0 Å². The molecule has 0 radical (unpaired) electrons. The van der Waals surface area contributed by atoms with Crippen LogP contribution >= 0.6 is 39.3 Å². The van der Waals surface area contributed by atoms with Crippen molar-refractivity contribution in [1.29, 1.82) is 5.26 Å². The van der Waals surface area contributed by atoms with Gasteiger partial charge >= 0.3 is 0 Å². The van der Waals surface area contributed by atoms with Crippen molar-refractivity contribution in [3.63, 3.8) is 0 Å². The lowest BCUT2D eigenvalue weighted by atomic mass is 10.1. The number of amides is 1. The summed E-state index contributed by atoms with van der Waals surface area (Å²) in [5.74, 6) is 0.936. The van der Waals surface area contributed by atoms with Crippen LogP contribution in [0.25, 0.3) is 6.08 Å². The van der Waals surface area contributed by atoms with Gasteiger partial charge in [-0.3, -0.25) is 9.69 Å². The van der Waals surface area contributed by atoms with E-state index in [1.54, 1.807) is 41.5 Å². The van der Waals surface area contributed by atoms with E-state index in [9.17, 15) is 10.1 Å². The van der Waals surface area contributed by atoms with Gasteiger partial charge in [-0.25, -0.2) is 4.99 Å². The molecule has 5 rings (SSSR count). The molecule has 0 N–H and O–H groups in total. The first-order chi connectivity index (χ1) is 18.5. The number of rotatable bonds is 7. The Morgan fingerprint density at radius 2 is 1.89 bits per heavy atom. The Hall–Kier alpha value is -3.77. The molecule has 0 aliphatic carbocycles. The molecule has 0 spiro atoms. The summed E-state index contributed by atoms with van der Waals surface area (Å²) in [5.41, 5.74) is 2.78. The van der Waals surface area contributed by atoms with Gasteiger partial charge in [0.25, 0.3) is 5.91 Å².